The minimum absolute atomic E-state index is 0.0670. The van der Waals surface area contributed by atoms with Crippen molar-refractivity contribution in [3.8, 4) is 5.69 Å². The number of aryl methyl sites for hydroxylation is 1. The van der Waals surface area contributed by atoms with Crippen LogP contribution in [0.25, 0.3) is 5.69 Å². The minimum Gasteiger partial charge on any atom is -0.341 e. The number of aromatic nitrogens is 2. The van der Waals surface area contributed by atoms with Gasteiger partial charge >= 0.3 is 0 Å². The van der Waals surface area contributed by atoms with Crippen LogP contribution in [0.5, 0.6) is 0 Å². The van der Waals surface area contributed by atoms with E-state index in [2.05, 4.69) is 10.4 Å². The molecule has 1 fully saturated rings. The molecule has 4 rings (SSSR count). The summed E-state index contributed by atoms with van der Waals surface area (Å²) in [7, 11) is 0. The van der Waals surface area contributed by atoms with Crippen molar-refractivity contribution in [2.75, 3.05) is 29.9 Å². The van der Waals surface area contributed by atoms with Crippen LogP contribution in [0.15, 0.2) is 42.5 Å². The van der Waals surface area contributed by atoms with Crippen LogP contribution in [-0.2, 0) is 11.2 Å². The molecule has 0 aliphatic carbocycles. The number of rotatable bonds is 5. The van der Waals surface area contributed by atoms with Gasteiger partial charge in [-0.3, -0.25) is 9.59 Å². The molecule has 0 spiro atoms. The van der Waals surface area contributed by atoms with Gasteiger partial charge in [0.05, 0.1) is 23.4 Å². The Morgan fingerprint density at radius 1 is 1.06 bits per heavy atom. The van der Waals surface area contributed by atoms with Gasteiger partial charge < -0.3 is 10.2 Å². The molecule has 172 valence electrons. The highest BCUT2D eigenvalue weighted by atomic mass is 32.2. The maximum absolute atomic E-state index is 14.2. The van der Waals surface area contributed by atoms with E-state index in [1.54, 1.807) is 26.0 Å². The lowest BCUT2D eigenvalue weighted by atomic mass is 10.1. The van der Waals surface area contributed by atoms with E-state index in [1.807, 2.05) is 28.8 Å². The van der Waals surface area contributed by atoms with Crippen LogP contribution < -0.4 is 5.32 Å². The molecule has 0 radical (unpaired) electrons. The van der Waals surface area contributed by atoms with Crippen molar-refractivity contribution in [1.82, 2.24) is 14.7 Å². The number of nitrogens with zero attached hydrogens (tertiary/aromatic N) is 3. The molecular weight excluding hydrogens is 446 g/mol. The molecule has 0 unspecified atom stereocenters. The molecule has 2 heterocycles. The maximum atomic E-state index is 14.2. The Hall–Kier alpha value is -3.20. The fourth-order valence-electron chi connectivity index (χ4n) is 3.86. The predicted octanol–water partition coefficient (Wildman–Crippen LogP) is 4.14. The van der Waals surface area contributed by atoms with Gasteiger partial charge in [0, 0.05) is 36.3 Å². The van der Waals surface area contributed by atoms with Gasteiger partial charge in [-0.05, 0) is 43.7 Å². The number of carbonyl (C=O) groups is 2. The van der Waals surface area contributed by atoms with Crippen molar-refractivity contribution < 1.29 is 18.4 Å². The summed E-state index contributed by atoms with van der Waals surface area (Å²) in [4.78, 5) is 27.3. The normalized spacial score (nSPS) is 13.8. The van der Waals surface area contributed by atoms with E-state index in [9.17, 15) is 18.4 Å². The van der Waals surface area contributed by atoms with Crippen molar-refractivity contribution >= 4 is 29.3 Å². The third-order valence-electron chi connectivity index (χ3n) is 5.59. The molecule has 1 aliphatic heterocycles. The number of hydrogen-bond acceptors (Lipinski definition) is 4. The second-order valence-electron chi connectivity index (χ2n) is 7.87. The predicted molar refractivity (Wildman–Crippen MR) is 125 cm³/mol. The monoisotopic (exact) mass is 470 g/mol. The molecule has 6 nitrogen and oxygen atoms in total. The highest BCUT2D eigenvalue weighted by Gasteiger charge is 2.21. The fourth-order valence-corrected chi connectivity index (χ4v) is 4.76. The molecular formula is C24H24F2N4O2S. The molecule has 1 aromatic heterocycles. The molecule has 0 atom stereocenters. The summed E-state index contributed by atoms with van der Waals surface area (Å²) in [5.74, 6) is 0.226. The number of halogens is 2. The quantitative estimate of drug-likeness (QED) is 0.609. The van der Waals surface area contributed by atoms with Crippen LogP contribution in [0.1, 0.15) is 27.3 Å². The Bertz CT molecular complexity index is 1190. The SMILES string of the molecule is Cc1nn(-c2ccc(F)cc2F)c(C)c1C(=O)Nc1ccc(CC(=O)N2CCSCC2)cc1. The average Bonchev–Trinajstić information content (AvgIpc) is 3.09. The summed E-state index contributed by atoms with van der Waals surface area (Å²) in [5.41, 5.74) is 2.71. The van der Waals surface area contributed by atoms with Crippen molar-refractivity contribution in [3.63, 3.8) is 0 Å². The van der Waals surface area contributed by atoms with E-state index in [0.717, 1.165) is 42.3 Å². The lowest BCUT2D eigenvalue weighted by Gasteiger charge is -2.26. The fraction of sp³-hybridized carbons (Fsp3) is 0.292. The summed E-state index contributed by atoms with van der Waals surface area (Å²) >= 11 is 1.86. The van der Waals surface area contributed by atoms with E-state index in [4.69, 9.17) is 0 Å². The van der Waals surface area contributed by atoms with E-state index in [-0.39, 0.29) is 17.5 Å². The topological polar surface area (TPSA) is 67.2 Å². The zero-order valence-electron chi connectivity index (χ0n) is 18.4. The summed E-state index contributed by atoms with van der Waals surface area (Å²) in [6, 6.07) is 10.4. The maximum Gasteiger partial charge on any atom is 0.259 e. The highest BCUT2D eigenvalue weighted by molar-refractivity contribution is 7.99. The lowest BCUT2D eigenvalue weighted by molar-refractivity contribution is -0.130. The van der Waals surface area contributed by atoms with Crippen LogP contribution in [0.4, 0.5) is 14.5 Å². The van der Waals surface area contributed by atoms with Gasteiger partial charge in [0.1, 0.15) is 11.5 Å². The summed E-state index contributed by atoms with van der Waals surface area (Å²) in [5, 5.41) is 7.10. The van der Waals surface area contributed by atoms with E-state index >= 15 is 0 Å². The van der Waals surface area contributed by atoms with Crippen molar-refractivity contribution in [2.45, 2.75) is 20.3 Å². The van der Waals surface area contributed by atoms with Crippen molar-refractivity contribution in [1.29, 1.82) is 0 Å². The van der Waals surface area contributed by atoms with Gasteiger partial charge in [-0.1, -0.05) is 12.1 Å². The molecule has 2 amide bonds. The summed E-state index contributed by atoms with van der Waals surface area (Å²) in [6.45, 7) is 4.89. The summed E-state index contributed by atoms with van der Waals surface area (Å²) in [6.07, 6.45) is 0.327. The largest absolute Gasteiger partial charge is 0.341 e. The lowest BCUT2D eigenvalue weighted by Crippen LogP contribution is -2.38. The third-order valence-corrected chi connectivity index (χ3v) is 6.53. The molecule has 0 saturated carbocycles. The number of anilines is 1. The summed E-state index contributed by atoms with van der Waals surface area (Å²) < 4.78 is 28.8. The first kappa shape index (κ1) is 23.0. The van der Waals surface area contributed by atoms with Gasteiger partial charge in [0.2, 0.25) is 5.91 Å². The molecule has 9 heteroatoms. The zero-order chi connectivity index (χ0) is 23.5. The van der Waals surface area contributed by atoms with Crippen molar-refractivity contribution in [3.05, 3.63) is 76.6 Å². The third kappa shape index (κ3) is 5.08. The molecule has 1 saturated heterocycles. The highest BCUT2D eigenvalue weighted by Crippen LogP contribution is 2.22. The zero-order valence-corrected chi connectivity index (χ0v) is 19.2. The van der Waals surface area contributed by atoms with Crippen LogP contribution in [0, 0.1) is 25.5 Å². The first-order chi connectivity index (χ1) is 15.8. The molecule has 2 aromatic carbocycles. The van der Waals surface area contributed by atoms with Crippen molar-refractivity contribution in [2.24, 2.45) is 0 Å². The first-order valence-corrected chi connectivity index (χ1v) is 11.8. The Labute approximate surface area is 195 Å². The van der Waals surface area contributed by atoms with Crippen LogP contribution in [0.3, 0.4) is 0 Å². The Morgan fingerprint density at radius 2 is 1.76 bits per heavy atom. The van der Waals surface area contributed by atoms with Gasteiger partial charge in [-0.25, -0.2) is 13.5 Å². The van der Waals surface area contributed by atoms with E-state index in [1.165, 1.54) is 10.7 Å². The second-order valence-corrected chi connectivity index (χ2v) is 9.10. The van der Waals surface area contributed by atoms with Crippen LogP contribution in [0.2, 0.25) is 0 Å². The van der Waals surface area contributed by atoms with Crippen LogP contribution in [-0.4, -0.2) is 51.1 Å². The minimum atomic E-state index is -0.763. The number of carbonyl (C=O) groups excluding carboxylic acids is 2. The van der Waals surface area contributed by atoms with Gasteiger partial charge in [0.15, 0.2) is 5.82 Å². The standard InChI is InChI=1S/C24H24F2N4O2S/c1-15-23(16(2)30(28-15)21-8-5-18(25)14-20(21)26)24(32)27-19-6-3-17(4-7-19)13-22(31)29-9-11-33-12-10-29/h3-8,14H,9-13H2,1-2H3,(H,27,32). The molecule has 1 aliphatic rings. The number of hydrogen-bond donors (Lipinski definition) is 1. The number of benzene rings is 2. The Kier molecular flexibility index (Phi) is 6.78. The number of thioether (sulfide) groups is 1. The van der Waals surface area contributed by atoms with E-state index in [0.29, 0.717) is 29.1 Å². The van der Waals surface area contributed by atoms with Crippen LogP contribution >= 0.6 is 11.8 Å². The smallest absolute Gasteiger partial charge is 0.259 e. The van der Waals surface area contributed by atoms with E-state index < -0.39 is 11.6 Å². The molecule has 0 bridgehead atoms. The Balaban J connectivity index is 1.46. The first-order valence-electron chi connectivity index (χ1n) is 10.6. The van der Waals surface area contributed by atoms with Gasteiger partial charge in [-0.2, -0.15) is 16.9 Å². The molecule has 1 N–H and O–H groups in total. The number of amides is 2. The molecule has 3 aromatic rings. The molecule has 33 heavy (non-hydrogen) atoms. The Morgan fingerprint density at radius 3 is 2.42 bits per heavy atom. The number of nitrogens with one attached hydrogen (secondary N) is 1. The van der Waals surface area contributed by atoms with Gasteiger partial charge in [-0.15, -0.1) is 0 Å². The second kappa shape index (κ2) is 9.74. The van der Waals surface area contributed by atoms with Gasteiger partial charge in [0.25, 0.3) is 5.91 Å². The average molecular weight is 471 g/mol.